The first-order valence-electron chi connectivity index (χ1n) is 5.17. The molecule has 1 unspecified atom stereocenters. The molecule has 0 amide bonds. The highest BCUT2D eigenvalue weighted by molar-refractivity contribution is 9.09. The first-order valence-corrected chi connectivity index (χ1v) is 6.09. The third-order valence-corrected chi connectivity index (χ3v) is 2.11. The van der Waals surface area contributed by atoms with Gasteiger partial charge in [-0.05, 0) is 33.6 Å². The van der Waals surface area contributed by atoms with Crippen LogP contribution in [0.5, 0.6) is 0 Å². The lowest BCUT2D eigenvalue weighted by Gasteiger charge is -2.19. The molecule has 1 atom stereocenters. The first-order chi connectivity index (χ1) is 6.31. The van der Waals surface area contributed by atoms with Crippen molar-refractivity contribution in [3.05, 3.63) is 0 Å². The lowest BCUT2D eigenvalue weighted by Crippen LogP contribution is -2.23. The molecule has 0 aromatic rings. The van der Waals surface area contributed by atoms with Crippen molar-refractivity contribution in [1.29, 1.82) is 0 Å². The van der Waals surface area contributed by atoms with Gasteiger partial charge in [0.05, 0.1) is 0 Å². The number of halogens is 1. The molecule has 0 aliphatic heterocycles. The van der Waals surface area contributed by atoms with Crippen LogP contribution in [0.25, 0.3) is 0 Å². The Bertz CT molecular complexity index is 171. The van der Waals surface area contributed by atoms with Gasteiger partial charge in [-0.1, -0.05) is 29.3 Å². The molecule has 0 aromatic heterocycles. The van der Waals surface area contributed by atoms with Gasteiger partial charge in [0, 0.05) is 11.2 Å². The zero-order valence-corrected chi connectivity index (χ0v) is 11.2. The smallest absolute Gasteiger partial charge is 0.306 e. The molecule has 0 saturated heterocycles. The fourth-order valence-electron chi connectivity index (χ4n) is 1.09. The Kier molecular flexibility index (Phi) is 6.41. The number of ether oxygens (including phenoxy) is 1. The van der Waals surface area contributed by atoms with E-state index in [0.29, 0.717) is 11.2 Å². The second kappa shape index (κ2) is 6.44. The maximum absolute atomic E-state index is 11.3. The molecular formula is C11H21BrO2. The number of carbonyl (C=O) groups is 1. The number of hydrogen-bond donors (Lipinski definition) is 0. The molecule has 14 heavy (non-hydrogen) atoms. The summed E-state index contributed by atoms with van der Waals surface area (Å²) in [7, 11) is 0. The molecule has 0 spiro atoms. The van der Waals surface area contributed by atoms with Crippen molar-refractivity contribution in [2.75, 3.05) is 0 Å². The number of esters is 1. The highest BCUT2D eigenvalue weighted by Crippen LogP contribution is 2.13. The van der Waals surface area contributed by atoms with Crippen LogP contribution < -0.4 is 0 Å². The highest BCUT2D eigenvalue weighted by atomic mass is 79.9. The molecule has 0 fully saturated rings. The molecule has 0 N–H and O–H groups in total. The third-order valence-electron chi connectivity index (χ3n) is 1.65. The normalized spacial score (nSPS) is 13.8. The summed E-state index contributed by atoms with van der Waals surface area (Å²) in [4.78, 5) is 11.8. The molecule has 3 heteroatoms. The number of rotatable bonds is 5. The number of alkyl halides is 1. The fraction of sp³-hybridized carbons (Fsp3) is 0.909. The maximum atomic E-state index is 11.3. The Balaban J connectivity index is 3.46. The van der Waals surface area contributed by atoms with Crippen molar-refractivity contribution in [3.8, 4) is 0 Å². The van der Waals surface area contributed by atoms with E-state index >= 15 is 0 Å². The standard InChI is InChI=1S/C11H21BrO2/c1-9(12)7-5-6-8-10(13)14-11(2,3)4/h9H,5-8H2,1-4H3. The largest absolute Gasteiger partial charge is 0.460 e. The van der Waals surface area contributed by atoms with E-state index < -0.39 is 0 Å². The Morgan fingerprint density at radius 2 is 1.93 bits per heavy atom. The van der Waals surface area contributed by atoms with Crippen molar-refractivity contribution >= 4 is 21.9 Å². The molecule has 0 aliphatic rings. The summed E-state index contributed by atoms with van der Waals surface area (Å²) in [6.45, 7) is 7.80. The summed E-state index contributed by atoms with van der Waals surface area (Å²) >= 11 is 3.47. The minimum Gasteiger partial charge on any atom is -0.460 e. The molecule has 0 heterocycles. The Morgan fingerprint density at radius 1 is 1.36 bits per heavy atom. The predicted octanol–water partition coefficient (Wildman–Crippen LogP) is 3.67. The molecule has 0 saturated carbocycles. The molecule has 0 rings (SSSR count). The van der Waals surface area contributed by atoms with Crippen LogP contribution in [0.1, 0.15) is 53.4 Å². The number of hydrogen-bond acceptors (Lipinski definition) is 2. The maximum Gasteiger partial charge on any atom is 0.306 e. The van der Waals surface area contributed by atoms with Gasteiger partial charge in [0.2, 0.25) is 0 Å². The SMILES string of the molecule is CC(Br)CCCCC(=O)OC(C)(C)C. The fourth-order valence-corrected chi connectivity index (χ4v) is 1.41. The van der Waals surface area contributed by atoms with E-state index in [1.165, 1.54) is 0 Å². The van der Waals surface area contributed by atoms with Crippen molar-refractivity contribution in [2.45, 2.75) is 63.8 Å². The lowest BCUT2D eigenvalue weighted by atomic mass is 10.1. The summed E-state index contributed by atoms with van der Waals surface area (Å²) in [6, 6.07) is 0. The Morgan fingerprint density at radius 3 is 2.36 bits per heavy atom. The van der Waals surface area contributed by atoms with Gasteiger partial charge in [0.15, 0.2) is 0 Å². The zero-order chi connectivity index (χ0) is 11.2. The van der Waals surface area contributed by atoms with Crippen LogP contribution in [0, 0.1) is 0 Å². The van der Waals surface area contributed by atoms with Gasteiger partial charge < -0.3 is 4.74 Å². The van der Waals surface area contributed by atoms with Gasteiger partial charge in [0.25, 0.3) is 0 Å². The third kappa shape index (κ3) is 10.0. The van der Waals surface area contributed by atoms with Crippen molar-refractivity contribution in [1.82, 2.24) is 0 Å². The quantitative estimate of drug-likeness (QED) is 0.430. The monoisotopic (exact) mass is 264 g/mol. The van der Waals surface area contributed by atoms with Crippen LogP contribution in [0.15, 0.2) is 0 Å². The van der Waals surface area contributed by atoms with Crippen LogP contribution in [-0.4, -0.2) is 16.4 Å². The van der Waals surface area contributed by atoms with Crippen LogP contribution in [0.3, 0.4) is 0 Å². The predicted molar refractivity (Wildman–Crippen MR) is 62.7 cm³/mol. The van der Waals surface area contributed by atoms with Gasteiger partial charge in [-0.3, -0.25) is 4.79 Å². The van der Waals surface area contributed by atoms with Gasteiger partial charge in [-0.15, -0.1) is 0 Å². The van der Waals surface area contributed by atoms with E-state index in [2.05, 4.69) is 22.9 Å². The molecule has 0 aliphatic carbocycles. The minimum atomic E-state index is -0.347. The van der Waals surface area contributed by atoms with Crippen LogP contribution >= 0.6 is 15.9 Å². The second-order valence-corrected chi connectivity index (χ2v) is 6.18. The summed E-state index contributed by atoms with van der Waals surface area (Å²) in [5.41, 5.74) is -0.347. The molecule has 0 aromatic carbocycles. The van der Waals surface area contributed by atoms with Crippen LogP contribution in [0.4, 0.5) is 0 Å². The van der Waals surface area contributed by atoms with E-state index in [1.807, 2.05) is 20.8 Å². The van der Waals surface area contributed by atoms with Crippen LogP contribution in [-0.2, 0) is 9.53 Å². The van der Waals surface area contributed by atoms with Crippen molar-refractivity contribution in [2.24, 2.45) is 0 Å². The second-order valence-electron chi connectivity index (χ2n) is 4.61. The molecule has 0 bridgehead atoms. The highest BCUT2D eigenvalue weighted by Gasteiger charge is 2.15. The Hall–Kier alpha value is -0.0500. The van der Waals surface area contributed by atoms with Gasteiger partial charge >= 0.3 is 5.97 Å². The summed E-state index contributed by atoms with van der Waals surface area (Å²) in [6.07, 6.45) is 3.65. The average Bonchev–Trinajstić information content (AvgIpc) is 1.94. The number of unbranched alkanes of at least 4 members (excludes halogenated alkanes) is 1. The van der Waals surface area contributed by atoms with Gasteiger partial charge in [-0.25, -0.2) is 0 Å². The minimum absolute atomic E-state index is 0.0836. The van der Waals surface area contributed by atoms with E-state index in [4.69, 9.17) is 4.74 Å². The molecule has 0 radical (unpaired) electrons. The summed E-state index contributed by atoms with van der Waals surface area (Å²) < 4.78 is 5.19. The Labute approximate surface area is 95.5 Å². The average molecular weight is 265 g/mol. The van der Waals surface area contributed by atoms with Gasteiger partial charge in [0.1, 0.15) is 5.60 Å². The molecular weight excluding hydrogens is 244 g/mol. The molecule has 84 valence electrons. The van der Waals surface area contributed by atoms with Crippen molar-refractivity contribution < 1.29 is 9.53 Å². The van der Waals surface area contributed by atoms with E-state index in [0.717, 1.165) is 19.3 Å². The zero-order valence-electron chi connectivity index (χ0n) is 9.60. The van der Waals surface area contributed by atoms with Crippen LogP contribution in [0.2, 0.25) is 0 Å². The lowest BCUT2D eigenvalue weighted by molar-refractivity contribution is -0.154. The first kappa shape index (κ1) is 13.9. The van der Waals surface area contributed by atoms with Gasteiger partial charge in [-0.2, -0.15) is 0 Å². The summed E-state index contributed by atoms with van der Waals surface area (Å²) in [5, 5.41) is 0. The number of carbonyl (C=O) groups excluding carboxylic acids is 1. The summed E-state index contributed by atoms with van der Waals surface area (Å²) in [5.74, 6) is -0.0836. The van der Waals surface area contributed by atoms with Crippen molar-refractivity contribution in [3.63, 3.8) is 0 Å². The van der Waals surface area contributed by atoms with E-state index in [-0.39, 0.29) is 11.6 Å². The molecule has 2 nitrogen and oxygen atoms in total. The van der Waals surface area contributed by atoms with E-state index in [9.17, 15) is 4.79 Å². The topological polar surface area (TPSA) is 26.3 Å². The van der Waals surface area contributed by atoms with E-state index in [1.54, 1.807) is 0 Å².